The molecule has 5 rings (SSSR count). The van der Waals surface area contributed by atoms with Gasteiger partial charge in [0.05, 0.1) is 22.6 Å². The lowest BCUT2D eigenvalue weighted by Gasteiger charge is -2.17. The van der Waals surface area contributed by atoms with Crippen molar-refractivity contribution < 1.29 is 4.79 Å². The Morgan fingerprint density at radius 3 is 2.73 bits per heavy atom. The average molecular weight is 401 g/mol. The van der Waals surface area contributed by atoms with Crippen LogP contribution in [0.1, 0.15) is 48.3 Å². The minimum Gasteiger partial charge on any atom is -0.297 e. The standard InChI is InChI=1S/C24H23N3O3/c1-3-4-13-25-14(2)26-23(29)18-9-5-8-17-21-16-7-6-10-20(28)15(16)11-12-19(21)27(22(17)18)24(26)30/h3,5,8-9,11-12,14,25H,1,4,6-7,10,13H2,2H3. The monoisotopic (exact) mass is 401 g/mol. The van der Waals surface area contributed by atoms with E-state index in [1.165, 1.54) is 4.57 Å². The Balaban J connectivity index is 1.89. The minimum atomic E-state index is -0.454. The van der Waals surface area contributed by atoms with Gasteiger partial charge < -0.3 is 0 Å². The van der Waals surface area contributed by atoms with Gasteiger partial charge in [0.15, 0.2) is 5.78 Å². The fourth-order valence-corrected chi connectivity index (χ4v) is 4.83. The molecule has 0 saturated carbocycles. The van der Waals surface area contributed by atoms with Gasteiger partial charge in [0.1, 0.15) is 0 Å². The summed E-state index contributed by atoms with van der Waals surface area (Å²) in [4.78, 5) is 39.3. The Morgan fingerprint density at radius 2 is 1.93 bits per heavy atom. The summed E-state index contributed by atoms with van der Waals surface area (Å²) in [6.45, 7) is 6.15. The van der Waals surface area contributed by atoms with E-state index in [-0.39, 0.29) is 17.0 Å². The van der Waals surface area contributed by atoms with E-state index in [1.54, 1.807) is 16.5 Å². The van der Waals surface area contributed by atoms with Gasteiger partial charge in [-0.05, 0) is 49.9 Å². The van der Waals surface area contributed by atoms with Crippen LogP contribution in [-0.2, 0) is 6.42 Å². The third kappa shape index (κ3) is 2.50. The van der Waals surface area contributed by atoms with Crippen LogP contribution in [-0.4, -0.2) is 21.3 Å². The van der Waals surface area contributed by atoms with Crippen LogP contribution in [0.15, 0.2) is 52.6 Å². The highest BCUT2D eigenvalue weighted by molar-refractivity contribution is 6.17. The number of rotatable bonds is 5. The number of para-hydroxylation sites is 1. The molecule has 2 aromatic carbocycles. The van der Waals surface area contributed by atoms with Gasteiger partial charge >= 0.3 is 5.69 Å². The number of hydrogen-bond donors (Lipinski definition) is 1. The van der Waals surface area contributed by atoms with Gasteiger partial charge in [-0.3, -0.25) is 19.3 Å². The molecule has 152 valence electrons. The van der Waals surface area contributed by atoms with Crippen molar-refractivity contribution in [3.05, 3.63) is 75.0 Å². The SMILES string of the molecule is C=CCCNC(C)n1c(=O)c2cccc3c4c5c(ccc4n(c1=O)c23)C(=O)CCC5. The molecule has 0 spiro atoms. The molecule has 0 amide bonds. The molecule has 1 atom stereocenters. The molecular weight excluding hydrogens is 378 g/mol. The number of aryl methyl sites for hydroxylation is 1. The number of Topliss-reactive ketones (excluding diaryl/α,β-unsaturated/α-hetero) is 1. The van der Waals surface area contributed by atoms with E-state index in [9.17, 15) is 14.4 Å². The quantitative estimate of drug-likeness (QED) is 0.411. The van der Waals surface area contributed by atoms with Gasteiger partial charge in [0.2, 0.25) is 0 Å². The first kappa shape index (κ1) is 18.8. The Hall–Kier alpha value is -3.25. The van der Waals surface area contributed by atoms with Crippen LogP contribution < -0.4 is 16.6 Å². The van der Waals surface area contributed by atoms with E-state index >= 15 is 0 Å². The largest absolute Gasteiger partial charge is 0.337 e. The number of nitrogens with zero attached hydrogens (tertiary/aromatic N) is 2. The minimum absolute atomic E-state index is 0.147. The van der Waals surface area contributed by atoms with Gasteiger partial charge in [0.25, 0.3) is 5.56 Å². The normalized spacial score (nSPS) is 15.2. The van der Waals surface area contributed by atoms with Crippen molar-refractivity contribution in [2.45, 2.75) is 38.8 Å². The van der Waals surface area contributed by atoms with Crippen molar-refractivity contribution in [2.24, 2.45) is 0 Å². The zero-order valence-electron chi connectivity index (χ0n) is 16.9. The maximum Gasteiger partial charge on any atom is 0.337 e. The van der Waals surface area contributed by atoms with Crippen molar-refractivity contribution in [3.63, 3.8) is 0 Å². The van der Waals surface area contributed by atoms with Crippen LogP contribution in [0.2, 0.25) is 0 Å². The molecule has 6 nitrogen and oxygen atoms in total. The highest BCUT2D eigenvalue weighted by Gasteiger charge is 2.25. The predicted octanol–water partition coefficient (Wildman–Crippen LogP) is 3.41. The number of hydrogen-bond acceptors (Lipinski definition) is 4. The summed E-state index contributed by atoms with van der Waals surface area (Å²) in [6, 6.07) is 9.25. The lowest BCUT2D eigenvalue weighted by atomic mass is 9.87. The van der Waals surface area contributed by atoms with Gasteiger partial charge in [-0.2, -0.15) is 0 Å². The topological polar surface area (TPSA) is 72.6 Å². The maximum absolute atomic E-state index is 13.5. The van der Waals surface area contributed by atoms with Crippen LogP contribution >= 0.6 is 0 Å². The Labute approximate surface area is 172 Å². The fraction of sp³-hybridized carbons (Fsp3) is 0.292. The summed E-state index contributed by atoms with van der Waals surface area (Å²) >= 11 is 0. The van der Waals surface area contributed by atoms with Crippen LogP contribution in [0.25, 0.3) is 27.2 Å². The van der Waals surface area contributed by atoms with Gasteiger partial charge in [0, 0.05) is 29.3 Å². The van der Waals surface area contributed by atoms with Crippen molar-refractivity contribution in [1.29, 1.82) is 0 Å². The van der Waals surface area contributed by atoms with Crippen molar-refractivity contribution >= 4 is 33.0 Å². The van der Waals surface area contributed by atoms with E-state index in [0.717, 1.165) is 46.7 Å². The fourth-order valence-electron chi connectivity index (χ4n) is 4.83. The summed E-state index contributed by atoms with van der Waals surface area (Å²) < 4.78 is 2.93. The maximum atomic E-state index is 13.5. The van der Waals surface area contributed by atoms with Gasteiger partial charge in [-0.15, -0.1) is 6.58 Å². The van der Waals surface area contributed by atoms with Crippen LogP contribution in [0.3, 0.4) is 0 Å². The van der Waals surface area contributed by atoms with E-state index in [1.807, 2.05) is 31.2 Å². The molecule has 2 aromatic heterocycles. The number of carbonyl (C=O) groups is 1. The van der Waals surface area contributed by atoms with E-state index < -0.39 is 6.17 Å². The lowest BCUT2D eigenvalue weighted by Crippen LogP contribution is -2.43. The number of ketones is 1. The van der Waals surface area contributed by atoms with Gasteiger partial charge in [-0.1, -0.05) is 18.2 Å². The molecule has 1 unspecified atom stereocenters. The molecule has 0 fully saturated rings. The summed E-state index contributed by atoms with van der Waals surface area (Å²) in [7, 11) is 0. The smallest absolute Gasteiger partial charge is 0.297 e. The Kier molecular flexibility index (Phi) is 4.33. The molecule has 1 aliphatic rings. The second kappa shape index (κ2) is 6.92. The third-order valence-electron chi connectivity index (χ3n) is 6.21. The first-order valence-electron chi connectivity index (χ1n) is 10.4. The summed E-state index contributed by atoms with van der Waals surface area (Å²) in [5.41, 5.74) is 2.47. The average Bonchev–Trinajstić information content (AvgIpc) is 3.08. The number of benzene rings is 2. The highest BCUT2D eigenvalue weighted by atomic mass is 16.2. The number of fused-ring (bicyclic) bond motifs is 5. The van der Waals surface area contributed by atoms with Crippen molar-refractivity contribution in [3.8, 4) is 0 Å². The second-order valence-corrected chi connectivity index (χ2v) is 7.96. The Morgan fingerprint density at radius 1 is 1.13 bits per heavy atom. The number of nitrogens with one attached hydrogen (secondary N) is 1. The van der Waals surface area contributed by atoms with E-state index in [2.05, 4.69) is 11.9 Å². The lowest BCUT2D eigenvalue weighted by molar-refractivity contribution is 0.0973. The highest BCUT2D eigenvalue weighted by Crippen LogP contribution is 2.36. The molecule has 4 aromatic rings. The molecule has 0 aliphatic heterocycles. The van der Waals surface area contributed by atoms with E-state index in [0.29, 0.717) is 23.9 Å². The molecule has 1 aliphatic carbocycles. The molecule has 1 N–H and O–H groups in total. The number of aromatic nitrogens is 2. The molecule has 6 heteroatoms. The van der Waals surface area contributed by atoms with Crippen LogP contribution in [0.4, 0.5) is 0 Å². The number of carbonyl (C=O) groups excluding carboxylic acids is 1. The second-order valence-electron chi connectivity index (χ2n) is 7.96. The zero-order valence-corrected chi connectivity index (χ0v) is 16.9. The molecule has 0 radical (unpaired) electrons. The molecule has 0 saturated heterocycles. The molecular formula is C24H23N3O3. The predicted molar refractivity (Wildman–Crippen MR) is 119 cm³/mol. The summed E-state index contributed by atoms with van der Waals surface area (Å²) in [5, 5.41) is 5.53. The first-order chi connectivity index (χ1) is 14.5. The van der Waals surface area contributed by atoms with E-state index in [4.69, 9.17) is 0 Å². The summed E-state index contributed by atoms with van der Waals surface area (Å²) in [5.74, 6) is 0.147. The molecule has 2 heterocycles. The summed E-state index contributed by atoms with van der Waals surface area (Å²) in [6.07, 6.45) is 4.25. The van der Waals surface area contributed by atoms with Crippen molar-refractivity contribution in [1.82, 2.24) is 14.3 Å². The zero-order chi connectivity index (χ0) is 21.0. The first-order valence-corrected chi connectivity index (χ1v) is 10.4. The Bertz CT molecular complexity index is 1440. The third-order valence-corrected chi connectivity index (χ3v) is 6.21. The van der Waals surface area contributed by atoms with Crippen molar-refractivity contribution in [2.75, 3.05) is 6.54 Å². The van der Waals surface area contributed by atoms with Gasteiger partial charge in [-0.25, -0.2) is 9.36 Å². The molecule has 0 bridgehead atoms. The molecule has 30 heavy (non-hydrogen) atoms. The van der Waals surface area contributed by atoms with Crippen LogP contribution in [0, 0.1) is 0 Å². The van der Waals surface area contributed by atoms with Crippen LogP contribution in [0.5, 0.6) is 0 Å².